The van der Waals surface area contributed by atoms with E-state index in [1.165, 1.54) is 25.7 Å². The number of carbonyl (C=O) groups is 2. The summed E-state index contributed by atoms with van der Waals surface area (Å²) >= 11 is 0. The lowest BCUT2D eigenvalue weighted by Gasteiger charge is -2.42. The van der Waals surface area contributed by atoms with Crippen LogP contribution in [0.1, 0.15) is 37.7 Å². The van der Waals surface area contributed by atoms with Crippen molar-refractivity contribution in [1.29, 1.82) is 0 Å². The molecule has 2 aliphatic rings. The summed E-state index contributed by atoms with van der Waals surface area (Å²) in [4.78, 5) is 32.2. The molecule has 1 aromatic heterocycles. The number of nitrogens with one attached hydrogen (secondary N) is 1. The molecule has 0 aliphatic carbocycles. The number of nitrogens with zero attached hydrogens (tertiary/aromatic N) is 3. The van der Waals surface area contributed by atoms with Crippen LogP contribution in [0.2, 0.25) is 0 Å². The van der Waals surface area contributed by atoms with Crippen LogP contribution in [0.4, 0.5) is 15.9 Å². The van der Waals surface area contributed by atoms with Gasteiger partial charge in [-0.05, 0) is 26.0 Å². The molecule has 24 heavy (non-hydrogen) atoms. The Morgan fingerprint density at radius 3 is 2.79 bits per heavy atom. The van der Waals surface area contributed by atoms with Crippen LogP contribution in [0, 0.1) is 0 Å². The van der Waals surface area contributed by atoms with Gasteiger partial charge in [-0.25, -0.2) is 9.37 Å². The number of carbonyl (C=O) groups excluding carboxylic acids is 2. The first-order valence-corrected chi connectivity index (χ1v) is 7.93. The van der Waals surface area contributed by atoms with Crippen molar-refractivity contribution in [2.45, 2.75) is 38.5 Å². The third-order valence-corrected chi connectivity index (χ3v) is 4.35. The third-order valence-electron chi connectivity index (χ3n) is 4.35. The van der Waals surface area contributed by atoms with E-state index in [1.807, 2.05) is 0 Å². The van der Waals surface area contributed by atoms with Gasteiger partial charge in [0.2, 0.25) is 5.91 Å². The Morgan fingerprint density at radius 2 is 2.17 bits per heavy atom. The van der Waals surface area contributed by atoms with E-state index in [-0.39, 0.29) is 18.1 Å². The number of aromatic nitrogens is 1. The normalized spacial score (nSPS) is 22.4. The van der Waals surface area contributed by atoms with Crippen LogP contribution in [0.5, 0.6) is 0 Å². The Hall–Kier alpha value is -2.22. The fourth-order valence-corrected chi connectivity index (χ4v) is 3.24. The summed E-state index contributed by atoms with van der Waals surface area (Å²) in [6, 6.07) is 3.35. The van der Waals surface area contributed by atoms with Crippen molar-refractivity contribution in [2.24, 2.45) is 5.73 Å². The standard InChI is InChI=1S/C16H22FN5O2/c1-10(23)22-13-12(21-7-6-16(22,18)9-21)5-4-11(20-13)14(24)19-8-15(2,3)17/h4-5H,6-9,18H2,1-3H3,(H,19,24)/t16-/m0/s1. The third kappa shape index (κ3) is 2.82. The van der Waals surface area contributed by atoms with Crippen molar-refractivity contribution in [3.8, 4) is 0 Å². The minimum Gasteiger partial charge on any atom is -0.365 e. The number of halogens is 1. The van der Waals surface area contributed by atoms with Gasteiger partial charge in [0, 0.05) is 19.9 Å². The average molecular weight is 335 g/mol. The monoisotopic (exact) mass is 335 g/mol. The van der Waals surface area contributed by atoms with Crippen molar-refractivity contribution in [1.82, 2.24) is 10.3 Å². The summed E-state index contributed by atoms with van der Waals surface area (Å²) in [5.74, 6) is -0.304. The molecule has 2 amide bonds. The van der Waals surface area contributed by atoms with Gasteiger partial charge in [-0.1, -0.05) is 0 Å². The van der Waals surface area contributed by atoms with Crippen LogP contribution in [0.15, 0.2) is 12.1 Å². The van der Waals surface area contributed by atoms with Crippen LogP contribution >= 0.6 is 0 Å². The van der Waals surface area contributed by atoms with Crippen molar-refractivity contribution < 1.29 is 14.0 Å². The van der Waals surface area contributed by atoms with Gasteiger partial charge in [0.05, 0.1) is 18.8 Å². The Bertz CT molecular complexity index is 702. The van der Waals surface area contributed by atoms with Crippen molar-refractivity contribution >= 4 is 23.3 Å². The maximum absolute atomic E-state index is 13.6. The maximum atomic E-state index is 13.6. The van der Waals surface area contributed by atoms with E-state index in [4.69, 9.17) is 5.73 Å². The second-order valence-electron chi connectivity index (χ2n) is 7.07. The van der Waals surface area contributed by atoms with Crippen LogP contribution in [0.25, 0.3) is 0 Å². The van der Waals surface area contributed by atoms with E-state index in [1.54, 1.807) is 12.1 Å². The van der Waals surface area contributed by atoms with Gasteiger partial charge in [0.15, 0.2) is 5.82 Å². The SMILES string of the molecule is CC(=O)N1c2nc(C(=O)NCC(C)(C)F)ccc2N2CC[C@@]1(N)C2. The van der Waals surface area contributed by atoms with Crippen LogP contribution in [0.3, 0.4) is 0 Å². The molecule has 1 aromatic rings. The summed E-state index contributed by atoms with van der Waals surface area (Å²) in [6.45, 7) is 5.36. The number of amides is 2. The molecule has 0 aromatic carbocycles. The van der Waals surface area contributed by atoms with E-state index < -0.39 is 17.2 Å². The van der Waals surface area contributed by atoms with E-state index in [0.29, 0.717) is 18.8 Å². The minimum absolute atomic E-state index is 0.117. The Kier molecular flexibility index (Phi) is 3.75. The molecular weight excluding hydrogens is 313 g/mol. The van der Waals surface area contributed by atoms with E-state index in [9.17, 15) is 14.0 Å². The van der Waals surface area contributed by atoms with Gasteiger partial charge in [-0.3, -0.25) is 14.5 Å². The number of alkyl halides is 1. The first kappa shape index (κ1) is 16.6. The van der Waals surface area contributed by atoms with E-state index >= 15 is 0 Å². The highest BCUT2D eigenvalue weighted by Gasteiger charge is 2.48. The number of hydrogen-bond donors (Lipinski definition) is 2. The van der Waals surface area contributed by atoms with E-state index in [0.717, 1.165) is 12.2 Å². The fourth-order valence-electron chi connectivity index (χ4n) is 3.24. The summed E-state index contributed by atoms with van der Waals surface area (Å²) in [5.41, 5.74) is 4.98. The molecule has 2 bridgehead atoms. The summed E-state index contributed by atoms with van der Waals surface area (Å²) in [5, 5.41) is 2.51. The lowest BCUT2D eigenvalue weighted by Crippen LogP contribution is -2.62. The topological polar surface area (TPSA) is 91.6 Å². The molecule has 7 nitrogen and oxygen atoms in total. The molecule has 1 atom stereocenters. The average Bonchev–Trinajstić information content (AvgIpc) is 2.81. The van der Waals surface area contributed by atoms with Gasteiger partial charge in [-0.2, -0.15) is 0 Å². The molecule has 0 spiro atoms. The van der Waals surface area contributed by atoms with Crippen LogP contribution in [-0.4, -0.2) is 47.8 Å². The van der Waals surface area contributed by atoms with Crippen LogP contribution < -0.4 is 20.9 Å². The van der Waals surface area contributed by atoms with Crippen molar-refractivity contribution in [3.05, 3.63) is 17.8 Å². The molecule has 3 heterocycles. The van der Waals surface area contributed by atoms with Gasteiger partial charge < -0.3 is 16.0 Å². The van der Waals surface area contributed by atoms with Crippen LogP contribution in [-0.2, 0) is 4.79 Å². The lowest BCUT2D eigenvalue weighted by molar-refractivity contribution is -0.117. The molecule has 0 unspecified atom stereocenters. The predicted octanol–water partition coefficient (Wildman–Crippen LogP) is 0.791. The molecule has 1 saturated heterocycles. The quantitative estimate of drug-likeness (QED) is 0.852. The highest BCUT2D eigenvalue weighted by atomic mass is 19.1. The van der Waals surface area contributed by atoms with E-state index in [2.05, 4.69) is 15.2 Å². The second kappa shape index (κ2) is 5.41. The Balaban J connectivity index is 1.94. The number of fused-ring (bicyclic) bond motifs is 4. The zero-order valence-electron chi connectivity index (χ0n) is 14.1. The number of hydrogen-bond acceptors (Lipinski definition) is 5. The summed E-state index contributed by atoms with van der Waals surface area (Å²) < 4.78 is 13.6. The zero-order valence-corrected chi connectivity index (χ0v) is 14.1. The highest BCUT2D eigenvalue weighted by molar-refractivity contribution is 5.99. The maximum Gasteiger partial charge on any atom is 0.270 e. The highest BCUT2D eigenvalue weighted by Crippen LogP contribution is 2.42. The zero-order chi connectivity index (χ0) is 17.7. The first-order valence-electron chi connectivity index (χ1n) is 7.93. The molecular formula is C16H22FN5O2. The number of pyridine rings is 1. The van der Waals surface area contributed by atoms with Crippen molar-refractivity contribution in [3.63, 3.8) is 0 Å². The molecule has 3 N–H and O–H groups in total. The lowest BCUT2D eigenvalue weighted by atomic mass is 10.1. The summed E-state index contributed by atoms with van der Waals surface area (Å²) in [6.07, 6.45) is 0.639. The largest absolute Gasteiger partial charge is 0.365 e. The van der Waals surface area contributed by atoms with Gasteiger partial charge in [0.1, 0.15) is 17.0 Å². The summed E-state index contributed by atoms with van der Waals surface area (Å²) in [7, 11) is 0. The van der Waals surface area contributed by atoms with Gasteiger partial charge in [0.25, 0.3) is 5.91 Å². The first-order chi connectivity index (χ1) is 11.1. The molecule has 2 aliphatic heterocycles. The molecule has 8 heteroatoms. The second-order valence-corrected chi connectivity index (χ2v) is 7.07. The predicted molar refractivity (Wildman–Crippen MR) is 88.7 cm³/mol. The van der Waals surface area contributed by atoms with Crippen molar-refractivity contribution in [2.75, 3.05) is 29.4 Å². The minimum atomic E-state index is -1.51. The van der Waals surface area contributed by atoms with Gasteiger partial charge >= 0.3 is 0 Å². The number of nitrogens with two attached hydrogens (primary N) is 1. The Labute approximate surface area is 140 Å². The molecule has 0 saturated carbocycles. The molecule has 1 fully saturated rings. The smallest absolute Gasteiger partial charge is 0.270 e. The Morgan fingerprint density at radius 1 is 1.46 bits per heavy atom. The molecule has 130 valence electrons. The number of anilines is 2. The van der Waals surface area contributed by atoms with Gasteiger partial charge in [-0.15, -0.1) is 0 Å². The number of rotatable bonds is 3. The fraction of sp³-hybridized carbons (Fsp3) is 0.562. The molecule has 3 rings (SSSR count). The molecule has 0 radical (unpaired) electrons.